The first-order valence-electron chi connectivity index (χ1n) is 10.0. The predicted molar refractivity (Wildman–Crippen MR) is 111 cm³/mol. The number of rotatable bonds is 3. The summed E-state index contributed by atoms with van der Waals surface area (Å²) < 4.78 is 0. The SMILES string of the molecule is CC(=O)N1CCN(C(=O)c2ccnc(N3CCN(c4ccccc4)CC3)n2)CC1. The van der Waals surface area contributed by atoms with Crippen molar-refractivity contribution in [3.05, 3.63) is 48.3 Å². The molecule has 2 saturated heterocycles. The van der Waals surface area contributed by atoms with Crippen LogP contribution < -0.4 is 9.80 Å². The molecule has 2 fully saturated rings. The van der Waals surface area contributed by atoms with Gasteiger partial charge in [0.15, 0.2) is 0 Å². The Morgan fingerprint density at radius 2 is 1.41 bits per heavy atom. The molecule has 8 heteroatoms. The van der Waals surface area contributed by atoms with Crippen molar-refractivity contribution < 1.29 is 9.59 Å². The van der Waals surface area contributed by atoms with Gasteiger partial charge >= 0.3 is 0 Å². The number of carbonyl (C=O) groups excluding carboxylic acids is 2. The van der Waals surface area contributed by atoms with E-state index in [0.717, 1.165) is 26.2 Å². The third-order valence-electron chi connectivity index (χ3n) is 5.56. The summed E-state index contributed by atoms with van der Waals surface area (Å²) in [6, 6.07) is 12.0. The first-order valence-corrected chi connectivity index (χ1v) is 10.0. The number of para-hydroxylation sites is 1. The van der Waals surface area contributed by atoms with Crippen LogP contribution in [0.3, 0.4) is 0 Å². The molecule has 0 atom stereocenters. The van der Waals surface area contributed by atoms with Crippen LogP contribution in [0.15, 0.2) is 42.6 Å². The monoisotopic (exact) mass is 394 g/mol. The largest absolute Gasteiger partial charge is 0.368 e. The summed E-state index contributed by atoms with van der Waals surface area (Å²) in [5, 5.41) is 0. The molecule has 0 saturated carbocycles. The van der Waals surface area contributed by atoms with Gasteiger partial charge in [0.25, 0.3) is 5.91 Å². The van der Waals surface area contributed by atoms with Gasteiger partial charge in [0.05, 0.1) is 0 Å². The molecule has 29 heavy (non-hydrogen) atoms. The Hall–Kier alpha value is -3.16. The zero-order valence-corrected chi connectivity index (χ0v) is 16.7. The van der Waals surface area contributed by atoms with Crippen molar-refractivity contribution in [3.8, 4) is 0 Å². The summed E-state index contributed by atoms with van der Waals surface area (Å²) in [6.07, 6.45) is 1.66. The minimum absolute atomic E-state index is 0.0519. The van der Waals surface area contributed by atoms with Crippen LogP contribution in [0.4, 0.5) is 11.6 Å². The zero-order valence-electron chi connectivity index (χ0n) is 16.7. The summed E-state index contributed by atoms with van der Waals surface area (Å²) in [7, 11) is 0. The van der Waals surface area contributed by atoms with Gasteiger partial charge in [-0.25, -0.2) is 9.97 Å². The van der Waals surface area contributed by atoms with Gasteiger partial charge in [-0.3, -0.25) is 9.59 Å². The summed E-state index contributed by atoms with van der Waals surface area (Å²) in [4.78, 5) is 41.3. The maximum absolute atomic E-state index is 12.9. The Bertz CT molecular complexity index is 858. The van der Waals surface area contributed by atoms with Crippen molar-refractivity contribution in [1.82, 2.24) is 19.8 Å². The molecule has 0 spiro atoms. The Morgan fingerprint density at radius 1 is 0.793 bits per heavy atom. The molecule has 0 bridgehead atoms. The average molecular weight is 394 g/mol. The highest BCUT2D eigenvalue weighted by molar-refractivity contribution is 5.92. The van der Waals surface area contributed by atoms with E-state index < -0.39 is 0 Å². The van der Waals surface area contributed by atoms with Gasteiger partial charge in [-0.05, 0) is 18.2 Å². The van der Waals surface area contributed by atoms with Crippen molar-refractivity contribution in [1.29, 1.82) is 0 Å². The lowest BCUT2D eigenvalue weighted by molar-refractivity contribution is -0.130. The van der Waals surface area contributed by atoms with Gasteiger partial charge in [-0.15, -0.1) is 0 Å². The molecule has 4 rings (SSSR count). The molecular formula is C21H26N6O2. The maximum atomic E-state index is 12.9. The number of benzene rings is 1. The lowest BCUT2D eigenvalue weighted by Gasteiger charge is -2.36. The Labute approximate surface area is 170 Å². The van der Waals surface area contributed by atoms with Crippen molar-refractivity contribution in [2.45, 2.75) is 6.92 Å². The Kier molecular flexibility index (Phi) is 5.59. The molecule has 3 heterocycles. The number of carbonyl (C=O) groups is 2. The fraction of sp³-hybridized carbons (Fsp3) is 0.429. The highest BCUT2D eigenvalue weighted by Gasteiger charge is 2.25. The average Bonchev–Trinajstić information content (AvgIpc) is 2.79. The van der Waals surface area contributed by atoms with Gasteiger partial charge in [-0.2, -0.15) is 0 Å². The molecule has 2 aliphatic heterocycles. The third-order valence-corrected chi connectivity index (χ3v) is 5.56. The number of anilines is 2. The molecule has 1 aromatic heterocycles. The second-order valence-corrected chi connectivity index (χ2v) is 7.35. The second-order valence-electron chi connectivity index (χ2n) is 7.35. The molecule has 2 aromatic rings. The Morgan fingerprint density at radius 3 is 2.07 bits per heavy atom. The molecule has 0 radical (unpaired) electrons. The van der Waals surface area contributed by atoms with Crippen LogP contribution in [0.1, 0.15) is 17.4 Å². The standard InChI is InChI=1S/C21H26N6O2/c1-17(28)24-9-13-26(14-10-24)20(29)19-7-8-22-21(23-19)27-15-11-25(12-16-27)18-5-3-2-4-6-18/h2-8H,9-16H2,1H3. The van der Waals surface area contributed by atoms with E-state index in [0.29, 0.717) is 37.8 Å². The number of amides is 2. The molecular weight excluding hydrogens is 368 g/mol. The molecule has 152 valence electrons. The predicted octanol–water partition coefficient (Wildman–Crippen LogP) is 1.11. The van der Waals surface area contributed by atoms with Crippen LogP contribution in [-0.4, -0.2) is 83.9 Å². The van der Waals surface area contributed by atoms with Crippen LogP contribution in [0.25, 0.3) is 0 Å². The fourth-order valence-corrected chi connectivity index (χ4v) is 3.81. The molecule has 1 aromatic carbocycles. The zero-order chi connectivity index (χ0) is 20.2. The minimum Gasteiger partial charge on any atom is -0.368 e. The molecule has 8 nitrogen and oxygen atoms in total. The number of aromatic nitrogens is 2. The molecule has 0 aliphatic carbocycles. The van der Waals surface area contributed by atoms with Crippen molar-refractivity contribution in [2.24, 2.45) is 0 Å². The highest BCUT2D eigenvalue weighted by Crippen LogP contribution is 2.18. The van der Waals surface area contributed by atoms with Crippen LogP contribution in [0, 0.1) is 0 Å². The lowest BCUT2D eigenvalue weighted by atomic mass is 10.2. The molecule has 2 aliphatic rings. The van der Waals surface area contributed by atoms with E-state index in [9.17, 15) is 9.59 Å². The molecule has 0 unspecified atom stereocenters. The van der Waals surface area contributed by atoms with Gasteiger partial charge in [-0.1, -0.05) is 18.2 Å². The van der Waals surface area contributed by atoms with E-state index in [1.165, 1.54) is 5.69 Å². The smallest absolute Gasteiger partial charge is 0.272 e. The van der Waals surface area contributed by atoms with E-state index in [1.54, 1.807) is 29.0 Å². The van der Waals surface area contributed by atoms with E-state index >= 15 is 0 Å². The van der Waals surface area contributed by atoms with Crippen molar-refractivity contribution in [3.63, 3.8) is 0 Å². The number of hydrogen-bond donors (Lipinski definition) is 0. The second kappa shape index (κ2) is 8.46. The number of hydrogen-bond acceptors (Lipinski definition) is 6. The van der Waals surface area contributed by atoms with Crippen LogP contribution in [0.2, 0.25) is 0 Å². The minimum atomic E-state index is -0.0974. The third kappa shape index (κ3) is 4.31. The van der Waals surface area contributed by atoms with Crippen LogP contribution >= 0.6 is 0 Å². The van der Waals surface area contributed by atoms with Gasteiger partial charge in [0.1, 0.15) is 5.69 Å². The summed E-state index contributed by atoms with van der Waals surface area (Å²) in [5.41, 5.74) is 1.64. The van der Waals surface area contributed by atoms with Gasteiger partial charge < -0.3 is 19.6 Å². The van der Waals surface area contributed by atoms with Crippen LogP contribution in [0.5, 0.6) is 0 Å². The summed E-state index contributed by atoms with van der Waals surface area (Å²) in [5.74, 6) is 0.557. The topological polar surface area (TPSA) is 72.9 Å². The van der Waals surface area contributed by atoms with Gasteiger partial charge in [0.2, 0.25) is 11.9 Å². The Balaban J connectivity index is 1.38. The van der Waals surface area contributed by atoms with Gasteiger partial charge in [0, 0.05) is 71.2 Å². The van der Waals surface area contributed by atoms with E-state index in [4.69, 9.17) is 0 Å². The molecule has 2 amide bonds. The van der Waals surface area contributed by atoms with E-state index in [2.05, 4.69) is 44.0 Å². The van der Waals surface area contributed by atoms with Crippen molar-refractivity contribution in [2.75, 3.05) is 62.2 Å². The fourth-order valence-electron chi connectivity index (χ4n) is 3.81. The van der Waals surface area contributed by atoms with Crippen molar-refractivity contribution >= 4 is 23.5 Å². The summed E-state index contributed by atoms with van der Waals surface area (Å²) in [6.45, 7) is 7.17. The molecule has 0 N–H and O–H groups in total. The maximum Gasteiger partial charge on any atom is 0.272 e. The summed E-state index contributed by atoms with van der Waals surface area (Å²) >= 11 is 0. The quantitative estimate of drug-likeness (QED) is 0.777. The van der Waals surface area contributed by atoms with Crippen LogP contribution in [-0.2, 0) is 4.79 Å². The lowest BCUT2D eigenvalue weighted by Crippen LogP contribution is -2.50. The first-order chi connectivity index (χ1) is 14.1. The number of piperazine rings is 2. The van der Waals surface area contributed by atoms with E-state index in [-0.39, 0.29) is 11.8 Å². The first kappa shape index (κ1) is 19.2. The van der Waals surface area contributed by atoms with E-state index in [1.807, 2.05) is 6.07 Å². The number of nitrogens with zero attached hydrogens (tertiary/aromatic N) is 6. The highest BCUT2D eigenvalue weighted by atomic mass is 16.2. The normalized spacial score (nSPS) is 17.4.